The predicted molar refractivity (Wildman–Crippen MR) is 78.2 cm³/mol. The Balaban J connectivity index is 2.48. The topological polar surface area (TPSA) is 120 Å². The van der Waals surface area contributed by atoms with Gasteiger partial charge in [-0.15, -0.1) is 0 Å². The molecule has 2 aromatic carbocycles. The summed E-state index contributed by atoms with van der Waals surface area (Å²) in [4.78, 5) is 0. The van der Waals surface area contributed by atoms with Crippen molar-refractivity contribution in [2.24, 2.45) is 0 Å². The van der Waals surface area contributed by atoms with Crippen LogP contribution in [-0.2, 0) is 0 Å². The van der Waals surface area contributed by atoms with Crippen molar-refractivity contribution in [3.8, 4) is 34.5 Å². The number of benzene rings is 2. The van der Waals surface area contributed by atoms with Crippen molar-refractivity contribution in [2.45, 2.75) is 0 Å². The highest BCUT2D eigenvalue weighted by atomic mass is 16.5. The lowest BCUT2D eigenvalue weighted by Crippen LogP contribution is -1.97. The lowest BCUT2D eigenvalue weighted by atomic mass is 10.2. The summed E-state index contributed by atoms with van der Waals surface area (Å²) in [6.45, 7) is 0. The Labute approximate surface area is 121 Å². The first kappa shape index (κ1) is 14.4. The molecule has 0 atom stereocenters. The Morgan fingerprint density at radius 2 is 1.14 bits per heavy atom. The molecule has 0 aliphatic carbocycles. The van der Waals surface area contributed by atoms with Crippen LogP contribution in [0.1, 0.15) is 0 Å². The monoisotopic (exact) mass is 292 g/mol. The maximum Gasteiger partial charge on any atom is 0.205 e. The van der Waals surface area contributed by atoms with Crippen molar-refractivity contribution >= 4 is 11.4 Å². The first-order chi connectivity index (χ1) is 9.99. The van der Waals surface area contributed by atoms with E-state index in [4.69, 9.17) is 25.7 Å². The number of rotatable bonds is 4. The first-order valence-electron chi connectivity index (χ1n) is 5.98. The molecule has 0 aliphatic rings. The van der Waals surface area contributed by atoms with Crippen LogP contribution < -0.4 is 25.7 Å². The SMILES string of the molecule is COc1c(Oc2ccc(N)c(O)c2OC)ccc(N)c1O. The number of hydrogen-bond donors (Lipinski definition) is 4. The molecule has 21 heavy (non-hydrogen) atoms. The molecule has 0 unspecified atom stereocenters. The zero-order valence-electron chi connectivity index (χ0n) is 11.6. The van der Waals surface area contributed by atoms with Gasteiger partial charge in [0.2, 0.25) is 11.5 Å². The molecule has 0 bridgehead atoms. The Hall–Kier alpha value is -2.96. The molecule has 7 heteroatoms. The standard InChI is InChI=1S/C14H16N2O5/c1-19-13-9(5-3-7(15)11(13)17)21-10-6-4-8(16)12(18)14(10)20-2/h3-6,17-18H,15-16H2,1-2H3. The molecule has 0 saturated carbocycles. The molecule has 0 spiro atoms. The zero-order valence-corrected chi connectivity index (χ0v) is 11.6. The van der Waals surface area contributed by atoms with Crippen LogP contribution in [0.4, 0.5) is 11.4 Å². The lowest BCUT2D eigenvalue weighted by molar-refractivity contribution is 0.330. The summed E-state index contributed by atoms with van der Waals surface area (Å²) < 4.78 is 15.8. The molecule has 0 amide bonds. The van der Waals surface area contributed by atoms with Crippen LogP contribution in [0.25, 0.3) is 0 Å². The third kappa shape index (κ3) is 2.53. The van der Waals surface area contributed by atoms with Gasteiger partial charge in [-0.2, -0.15) is 0 Å². The van der Waals surface area contributed by atoms with E-state index in [1.165, 1.54) is 38.5 Å². The van der Waals surface area contributed by atoms with Crippen LogP contribution in [0.15, 0.2) is 24.3 Å². The fourth-order valence-corrected chi connectivity index (χ4v) is 1.81. The van der Waals surface area contributed by atoms with Gasteiger partial charge < -0.3 is 35.9 Å². The van der Waals surface area contributed by atoms with Gasteiger partial charge in [-0.1, -0.05) is 0 Å². The largest absolute Gasteiger partial charge is 0.503 e. The second-order valence-corrected chi connectivity index (χ2v) is 4.17. The van der Waals surface area contributed by atoms with E-state index >= 15 is 0 Å². The molecule has 7 nitrogen and oxygen atoms in total. The van der Waals surface area contributed by atoms with Gasteiger partial charge in [-0.25, -0.2) is 0 Å². The molecule has 0 aliphatic heterocycles. The van der Waals surface area contributed by atoms with E-state index < -0.39 is 0 Å². The molecule has 0 fully saturated rings. The number of hydrogen-bond acceptors (Lipinski definition) is 7. The highest BCUT2D eigenvalue weighted by Gasteiger charge is 2.18. The Bertz CT molecular complexity index is 615. The number of nitrogens with two attached hydrogens (primary N) is 2. The molecule has 6 N–H and O–H groups in total. The third-order valence-electron chi connectivity index (χ3n) is 2.88. The van der Waals surface area contributed by atoms with E-state index in [9.17, 15) is 10.2 Å². The van der Waals surface area contributed by atoms with Crippen LogP contribution in [0, 0.1) is 0 Å². The van der Waals surface area contributed by atoms with Gasteiger partial charge >= 0.3 is 0 Å². The van der Waals surface area contributed by atoms with Crippen molar-refractivity contribution < 1.29 is 24.4 Å². The molecular formula is C14H16N2O5. The van der Waals surface area contributed by atoms with Crippen molar-refractivity contribution in [3.05, 3.63) is 24.3 Å². The number of anilines is 2. The number of phenolic OH excluding ortho intramolecular Hbond substituents is 2. The van der Waals surface area contributed by atoms with Crippen LogP contribution in [0.2, 0.25) is 0 Å². The zero-order chi connectivity index (χ0) is 15.6. The van der Waals surface area contributed by atoms with E-state index in [1.54, 1.807) is 0 Å². The van der Waals surface area contributed by atoms with E-state index in [-0.39, 0.29) is 45.9 Å². The predicted octanol–water partition coefficient (Wildman–Crippen LogP) is 2.07. The number of aromatic hydroxyl groups is 2. The van der Waals surface area contributed by atoms with Crippen LogP contribution >= 0.6 is 0 Å². The normalized spacial score (nSPS) is 10.2. The fourth-order valence-electron chi connectivity index (χ4n) is 1.81. The molecule has 112 valence electrons. The molecule has 0 saturated heterocycles. The number of ether oxygens (including phenoxy) is 3. The Morgan fingerprint density at radius 1 is 0.762 bits per heavy atom. The van der Waals surface area contributed by atoms with Crippen LogP contribution in [-0.4, -0.2) is 24.4 Å². The minimum absolute atomic E-state index is 0.0772. The second-order valence-electron chi connectivity index (χ2n) is 4.17. The summed E-state index contributed by atoms with van der Waals surface area (Å²) >= 11 is 0. The van der Waals surface area contributed by atoms with Gasteiger partial charge in [-0.05, 0) is 24.3 Å². The first-order valence-corrected chi connectivity index (χ1v) is 5.98. The highest BCUT2D eigenvalue weighted by Crippen LogP contribution is 2.47. The number of methoxy groups -OCH3 is 2. The smallest absolute Gasteiger partial charge is 0.205 e. The van der Waals surface area contributed by atoms with Gasteiger partial charge in [0.05, 0.1) is 25.6 Å². The van der Waals surface area contributed by atoms with Gasteiger partial charge in [0.25, 0.3) is 0 Å². The second kappa shape index (κ2) is 5.58. The molecule has 2 aromatic rings. The number of nitrogen functional groups attached to an aromatic ring is 2. The van der Waals surface area contributed by atoms with E-state index in [2.05, 4.69) is 0 Å². The van der Waals surface area contributed by atoms with Gasteiger partial charge in [0, 0.05) is 0 Å². The van der Waals surface area contributed by atoms with Crippen molar-refractivity contribution in [1.82, 2.24) is 0 Å². The fraction of sp³-hybridized carbons (Fsp3) is 0.143. The third-order valence-corrected chi connectivity index (χ3v) is 2.88. The average molecular weight is 292 g/mol. The van der Waals surface area contributed by atoms with Crippen LogP contribution in [0.5, 0.6) is 34.5 Å². The summed E-state index contributed by atoms with van der Waals surface area (Å²) in [5.41, 5.74) is 11.5. The summed E-state index contributed by atoms with van der Waals surface area (Å²) in [6.07, 6.45) is 0. The highest BCUT2D eigenvalue weighted by molar-refractivity contribution is 5.68. The molecule has 2 rings (SSSR count). The van der Waals surface area contributed by atoms with Crippen molar-refractivity contribution in [3.63, 3.8) is 0 Å². The summed E-state index contributed by atoms with van der Waals surface area (Å²) in [5, 5.41) is 19.7. The molecule has 0 radical (unpaired) electrons. The quantitative estimate of drug-likeness (QED) is 0.503. The summed E-state index contributed by atoms with van der Waals surface area (Å²) in [6, 6.07) is 6.00. The molecule has 0 aromatic heterocycles. The lowest BCUT2D eigenvalue weighted by Gasteiger charge is -2.15. The van der Waals surface area contributed by atoms with Crippen molar-refractivity contribution in [1.29, 1.82) is 0 Å². The molecule has 0 heterocycles. The molecular weight excluding hydrogens is 276 g/mol. The minimum atomic E-state index is -0.228. The van der Waals surface area contributed by atoms with E-state index in [0.29, 0.717) is 0 Å². The van der Waals surface area contributed by atoms with Gasteiger partial charge in [-0.3, -0.25) is 0 Å². The summed E-state index contributed by atoms with van der Waals surface area (Å²) in [7, 11) is 2.75. The van der Waals surface area contributed by atoms with Gasteiger partial charge in [0.1, 0.15) is 0 Å². The number of phenols is 2. The Morgan fingerprint density at radius 3 is 1.48 bits per heavy atom. The maximum absolute atomic E-state index is 9.85. The van der Waals surface area contributed by atoms with Crippen LogP contribution in [0.3, 0.4) is 0 Å². The van der Waals surface area contributed by atoms with Crippen molar-refractivity contribution in [2.75, 3.05) is 25.7 Å². The Kier molecular flexibility index (Phi) is 3.84. The van der Waals surface area contributed by atoms with E-state index in [0.717, 1.165) is 0 Å². The average Bonchev–Trinajstić information content (AvgIpc) is 2.47. The minimum Gasteiger partial charge on any atom is -0.503 e. The summed E-state index contributed by atoms with van der Waals surface area (Å²) in [5.74, 6) is 0.127. The maximum atomic E-state index is 9.85. The van der Waals surface area contributed by atoms with E-state index in [1.807, 2.05) is 0 Å². The van der Waals surface area contributed by atoms with Gasteiger partial charge in [0.15, 0.2) is 23.0 Å².